The van der Waals surface area contributed by atoms with Gasteiger partial charge in [-0.15, -0.1) is 0 Å². The molecule has 1 atom stereocenters. The Morgan fingerprint density at radius 3 is 2.29 bits per heavy atom. The van der Waals surface area contributed by atoms with Crippen molar-refractivity contribution in [3.63, 3.8) is 0 Å². The Morgan fingerprint density at radius 2 is 1.86 bits per heavy atom. The highest BCUT2D eigenvalue weighted by Gasteiger charge is 2.12. The molecule has 3 nitrogen and oxygen atoms in total. The topological polar surface area (TPSA) is 63.3 Å². The molecule has 0 aliphatic carbocycles. The summed E-state index contributed by atoms with van der Waals surface area (Å²) in [6.45, 7) is 3.96. The molecule has 0 amide bonds. The van der Waals surface area contributed by atoms with E-state index in [9.17, 15) is 4.21 Å². The molecule has 1 unspecified atom stereocenters. The summed E-state index contributed by atoms with van der Waals surface area (Å²) in [6, 6.07) is 3.32. The Kier molecular flexibility index (Phi) is 3.66. The Balaban J connectivity index is 3.40. The fourth-order valence-corrected chi connectivity index (χ4v) is 2.32. The van der Waals surface area contributed by atoms with E-state index in [0.717, 1.165) is 24.0 Å². The maximum atomic E-state index is 11.0. The maximum absolute atomic E-state index is 11.0. The zero-order valence-corrected chi connectivity index (χ0v) is 9.23. The normalized spacial score (nSPS) is 12.8. The zero-order valence-electron chi connectivity index (χ0n) is 8.41. The van der Waals surface area contributed by atoms with Gasteiger partial charge in [-0.3, -0.25) is 0 Å². The summed E-state index contributed by atoms with van der Waals surface area (Å²) in [5.74, 6) is 0. The van der Waals surface area contributed by atoms with Crippen LogP contribution in [0.2, 0.25) is 0 Å². The van der Waals surface area contributed by atoms with Gasteiger partial charge >= 0.3 is 0 Å². The first-order valence-electron chi connectivity index (χ1n) is 4.62. The predicted octanol–water partition coefficient (Wildman–Crippen LogP) is 1.97. The minimum atomic E-state index is -1.92. The number of anilines is 1. The third-order valence-corrected chi connectivity index (χ3v) is 3.08. The van der Waals surface area contributed by atoms with Gasteiger partial charge in [0.25, 0.3) is 0 Å². The van der Waals surface area contributed by atoms with Crippen molar-refractivity contribution < 1.29 is 8.76 Å². The van der Waals surface area contributed by atoms with Crippen LogP contribution in [0.5, 0.6) is 0 Å². The third kappa shape index (κ3) is 1.96. The molecule has 78 valence electrons. The quantitative estimate of drug-likeness (QED) is 0.596. The van der Waals surface area contributed by atoms with Crippen LogP contribution in [-0.4, -0.2) is 8.76 Å². The van der Waals surface area contributed by atoms with Crippen LogP contribution in [0.3, 0.4) is 0 Å². The first-order chi connectivity index (χ1) is 6.61. The Bertz CT molecular complexity index is 363. The Morgan fingerprint density at radius 1 is 1.29 bits per heavy atom. The Labute approximate surface area is 86.6 Å². The van der Waals surface area contributed by atoms with Gasteiger partial charge < -0.3 is 10.3 Å². The van der Waals surface area contributed by atoms with Crippen molar-refractivity contribution >= 4 is 16.8 Å². The number of benzene rings is 1. The van der Waals surface area contributed by atoms with Crippen molar-refractivity contribution in [2.75, 3.05) is 5.73 Å². The number of nitrogen functional groups attached to an aromatic ring is 1. The van der Waals surface area contributed by atoms with E-state index in [0.29, 0.717) is 10.6 Å². The summed E-state index contributed by atoms with van der Waals surface area (Å²) in [4.78, 5) is 0.485. The second-order valence-corrected chi connectivity index (χ2v) is 4.00. The largest absolute Gasteiger partial charge is 0.398 e. The second kappa shape index (κ2) is 4.57. The predicted molar refractivity (Wildman–Crippen MR) is 58.6 cm³/mol. The van der Waals surface area contributed by atoms with E-state index < -0.39 is 11.1 Å². The molecule has 0 aromatic heterocycles. The van der Waals surface area contributed by atoms with Crippen molar-refractivity contribution in [1.82, 2.24) is 0 Å². The van der Waals surface area contributed by atoms with Crippen LogP contribution in [0.4, 0.5) is 5.69 Å². The highest BCUT2D eigenvalue weighted by molar-refractivity contribution is 7.79. The van der Waals surface area contributed by atoms with E-state index >= 15 is 0 Å². The summed E-state index contributed by atoms with van der Waals surface area (Å²) < 4.78 is 20.1. The zero-order chi connectivity index (χ0) is 10.7. The molecular formula is C10H15NO2S. The van der Waals surface area contributed by atoms with Gasteiger partial charge in [-0.25, -0.2) is 4.21 Å². The van der Waals surface area contributed by atoms with E-state index in [4.69, 9.17) is 10.3 Å². The van der Waals surface area contributed by atoms with Gasteiger partial charge in [0.15, 0.2) is 11.1 Å². The molecule has 1 aromatic carbocycles. The lowest BCUT2D eigenvalue weighted by molar-refractivity contribution is 0.563. The summed E-state index contributed by atoms with van der Waals surface area (Å²) in [5.41, 5.74) is 8.41. The smallest absolute Gasteiger partial charge is 0.186 e. The van der Waals surface area contributed by atoms with Crippen LogP contribution < -0.4 is 5.73 Å². The molecule has 4 heteroatoms. The molecular weight excluding hydrogens is 198 g/mol. The van der Waals surface area contributed by atoms with Gasteiger partial charge in [-0.05, 0) is 36.1 Å². The van der Waals surface area contributed by atoms with Crippen molar-refractivity contribution in [2.24, 2.45) is 0 Å². The lowest BCUT2D eigenvalue weighted by atomic mass is 10.0. The van der Waals surface area contributed by atoms with Crippen molar-refractivity contribution in [3.8, 4) is 0 Å². The molecule has 3 N–H and O–H groups in total. The molecule has 0 saturated carbocycles. The molecule has 0 aliphatic heterocycles. The first kappa shape index (κ1) is 11.2. The number of hydrogen-bond acceptors (Lipinski definition) is 2. The maximum Gasteiger partial charge on any atom is 0.186 e. The summed E-state index contributed by atoms with van der Waals surface area (Å²) >= 11 is -1.92. The van der Waals surface area contributed by atoms with Crippen LogP contribution in [0.1, 0.15) is 25.0 Å². The lowest BCUT2D eigenvalue weighted by Gasteiger charge is -2.12. The van der Waals surface area contributed by atoms with Crippen molar-refractivity contribution in [1.29, 1.82) is 0 Å². The minimum Gasteiger partial charge on any atom is -0.398 e. The molecule has 0 saturated heterocycles. The standard InChI is InChI=1S/C10H15NO2S/c1-3-7-8(4-2)10(14(12)13)6-5-9(7)11/h5-6H,3-4,11H2,1-2H3,(H,12,13). The fourth-order valence-electron chi connectivity index (χ4n) is 1.66. The Hall–Kier alpha value is -0.870. The SMILES string of the molecule is CCc1c(N)ccc(S(=O)O)c1CC. The molecule has 0 radical (unpaired) electrons. The highest BCUT2D eigenvalue weighted by atomic mass is 32.2. The van der Waals surface area contributed by atoms with Gasteiger partial charge in [0.2, 0.25) is 0 Å². The monoisotopic (exact) mass is 213 g/mol. The van der Waals surface area contributed by atoms with Crippen LogP contribution >= 0.6 is 0 Å². The molecule has 0 heterocycles. The van der Waals surface area contributed by atoms with E-state index in [1.165, 1.54) is 0 Å². The molecule has 0 aliphatic rings. The van der Waals surface area contributed by atoms with Gasteiger partial charge in [0.05, 0.1) is 4.90 Å². The molecule has 0 bridgehead atoms. The molecule has 0 fully saturated rings. The number of nitrogens with two attached hydrogens (primary N) is 1. The van der Waals surface area contributed by atoms with Crippen molar-refractivity contribution in [2.45, 2.75) is 31.6 Å². The van der Waals surface area contributed by atoms with E-state index in [1.807, 2.05) is 13.8 Å². The van der Waals surface area contributed by atoms with Crippen LogP contribution in [0, 0.1) is 0 Å². The van der Waals surface area contributed by atoms with E-state index in [-0.39, 0.29) is 0 Å². The number of rotatable bonds is 3. The summed E-state index contributed by atoms with van der Waals surface area (Å²) in [6.07, 6.45) is 1.52. The lowest BCUT2D eigenvalue weighted by Crippen LogP contribution is -2.04. The van der Waals surface area contributed by atoms with Gasteiger partial charge in [-0.2, -0.15) is 0 Å². The molecule has 14 heavy (non-hydrogen) atoms. The molecule has 1 aromatic rings. The number of hydrogen-bond donors (Lipinski definition) is 2. The highest BCUT2D eigenvalue weighted by Crippen LogP contribution is 2.24. The summed E-state index contributed by atoms with van der Waals surface area (Å²) in [5, 5.41) is 0. The second-order valence-electron chi connectivity index (χ2n) is 3.07. The molecule has 0 spiro atoms. The summed E-state index contributed by atoms with van der Waals surface area (Å²) in [7, 11) is 0. The van der Waals surface area contributed by atoms with Crippen molar-refractivity contribution in [3.05, 3.63) is 23.3 Å². The van der Waals surface area contributed by atoms with E-state index in [1.54, 1.807) is 12.1 Å². The third-order valence-electron chi connectivity index (χ3n) is 2.32. The van der Waals surface area contributed by atoms with Gasteiger partial charge in [0.1, 0.15) is 0 Å². The van der Waals surface area contributed by atoms with Crippen LogP contribution in [0.15, 0.2) is 17.0 Å². The van der Waals surface area contributed by atoms with E-state index in [2.05, 4.69) is 0 Å². The minimum absolute atomic E-state index is 0.485. The average molecular weight is 213 g/mol. The first-order valence-corrected chi connectivity index (χ1v) is 5.73. The molecule has 1 rings (SSSR count). The van der Waals surface area contributed by atoms with Gasteiger partial charge in [0, 0.05) is 5.69 Å². The van der Waals surface area contributed by atoms with Crippen LogP contribution in [0.25, 0.3) is 0 Å². The fraction of sp³-hybridized carbons (Fsp3) is 0.400. The van der Waals surface area contributed by atoms with Crippen LogP contribution in [-0.2, 0) is 23.9 Å². The average Bonchev–Trinajstić information content (AvgIpc) is 2.16. The van der Waals surface area contributed by atoms with Gasteiger partial charge in [-0.1, -0.05) is 13.8 Å².